The van der Waals surface area contributed by atoms with Crippen molar-refractivity contribution in [2.75, 3.05) is 26.2 Å². The van der Waals surface area contributed by atoms with Gasteiger partial charge in [-0.25, -0.2) is 17.6 Å². The van der Waals surface area contributed by atoms with Crippen LogP contribution in [0.3, 0.4) is 0 Å². The lowest BCUT2D eigenvalue weighted by atomic mass is 10.1. The average Bonchev–Trinajstić information content (AvgIpc) is 1.68. The number of fused-ring (bicyclic) bond motifs is 4. The van der Waals surface area contributed by atoms with E-state index in [0.29, 0.717) is 92.7 Å². The summed E-state index contributed by atoms with van der Waals surface area (Å²) < 4.78 is 62.3. The number of rotatable bonds is 24. The molecule has 4 saturated heterocycles. The summed E-state index contributed by atoms with van der Waals surface area (Å²) in [4.78, 5) is 59.4. The fraction of sp³-hybridized carbons (Fsp3) is 0.333. The molecule has 20 rings (SSSR count). The van der Waals surface area contributed by atoms with E-state index in [0.717, 1.165) is 182 Å². The number of carbonyl (C=O) groups excluding carboxylic acids is 4. The predicted molar refractivity (Wildman–Crippen MR) is 495 cm³/mol. The Balaban J connectivity index is 0.000000121. The van der Waals surface area contributed by atoms with Crippen LogP contribution in [0.2, 0.25) is 0 Å². The van der Waals surface area contributed by atoms with E-state index in [1.54, 1.807) is 37.3 Å². The first kappa shape index (κ1) is 88.1. The topological polar surface area (TPSA) is 267 Å². The second kappa shape index (κ2) is 39.8. The summed E-state index contributed by atoms with van der Waals surface area (Å²) in [5.41, 5.74) is 18.0. The first-order chi connectivity index (χ1) is 63.1. The molecular weight excluding hydrogens is 1650 g/mol. The Morgan fingerprint density at radius 1 is 0.331 bits per heavy atom. The van der Waals surface area contributed by atoms with E-state index >= 15 is 0 Å². The van der Waals surface area contributed by atoms with Gasteiger partial charge in [-0.15, -0.1) is 0 Å². The van der Waals surface area contributed by atoms with E-state index in [-0.39, 0.29) is 71.1 Å². The summed E-state index contributed by atoms with van der Waals surface area (Å²) in [5, 5.41) is 50.3. The minimum absolute atomic E-state index is 0.0973. The number of aromatic amines is 4. The van der Waals surface area contributed by atoms with Gasteiger partial charge in [-0.1, -0.05) is 72.8 Å². The fourth-order valence-corrected chi connectivity index (χ4v) is 19.4. The van der Waals surface area contributed by atoms with Crippen molar-refractivity contribution in [2.24, 2.45) is 23.7 Å². The molecule has 28 heteroatoms. The highest BCUT2D eigenvalue weighted by molar-refractivity contribution is 5.88. The van der Waals surface area contributed by atoms with Crippen molar-refractivity contribution < 1.29 is 36.7 Å². The molecule has 4 aliphatic heterocycles. The summed E-state index contributed by atoms with van der Waals surface area (Å²) in [6, 6.07) is 49.3. The van der Waals surface area contributed by atoms with Gasteiger partial charge in [-0.2, -0.15) is 40.8 Å². The molecule has 4 fully saturated rings. The third-order valence-electron chi connectivity index (χ3n) is 26.3. The molecule has 668 valence electrons. The molecule has 8 aromatic carbocycles. The third kappa shape index (κ3) is 20.9. The van der Waals surface area contributed by atoms with Crippen LogP contribution in [0.5, 0.6) is 0 Å². The summed E-state index contributed by atoms with van der Waals surface area (Å²) in [5.74, 6) is 1.08. The van der Waals surface area contributed by atoms with Crippen LogP contribution in [-0.2, 0) is 71.0 Å². The number of H-pyrrole nitrogens is 4. The Kier molecular flexibility index (Phi) is 27.0. The van der Waals surface area contributed by atoms with E-state index in [4.69, 9.17) is 0 Å². The number of nitrogens with zero attached hydrogens (tertiary/aromatic N) is 16. The summed E-state index contributed by atoms with van der Waals surface area (Å²) in [6.07, 6.45) is 30.1. The average molecular weight is 1750 g/mol. The lowest BCUT2D eigenvalue weighted by Crippen LogP contribution is -2.34. The Labute approximate surface area is 751 Å². The van der Waals surface area contributed by atoms with Crippen molar-refractivity contribution in [1.29, 1.82) is 0 Å². The molecule has 0 bridgehead atoms. The molecular formula is C102H108F4N20O4. The van der Waals surface area contributed by atoms with Crippen molar-refractivity contribution in [1.82, 2.24) is 99.5 Å². The molecule has 4 N–H and O–H groups in total. The van der Waals surface area contributed by atoms with E-state index < -0.39 is 0 Å². The number of halogens is 4. The number of likely N-dealkylation sites (tertiary alicyclic amines) is 4. The van der Waals surface area contributed by atoms with Crippen molar-refractivity contribution >= 4 is 67.2 Å². The predicted octanol–water partition coefficient (Wildman–Crippen LogP) is 18.4. The van der Waals surface area contributed by atoms with Crippen LogP contribution >= 0.6 is 0 Å². The van der Waals surface area contributed by atoms with Crippen molar-refractivity contribution in [3.05, 3.63) is 289 Å². The molecule has 0 aliphatic carbocycles. The van der Waals surface area contributed by atoms with Gasteiger partial charge in [0.05, 0.1) is 71.6 Å². The lowest BCUT2D eigenvalue weighted by Gasteiger charge is -2.21. The fourth-order valence-electron chi connectivity index (χ4n) is 19.4. The number of benzene rings is 8. The molecule has 4 amide bonds. The first-order valence-electron chi connectivity index (χ1n) is 45.0. The van der Waals surface area contributed by atoms with Crippen LogP contribution in [-0.4, -0.2) is 173 Å². The van der Waals surface area contributed by atoms with Gasteiger partial charge >= 0.3 is 0 Å². The van der Waals surface area contributed by atoms with Gasteiger partial charge in [-0.05, 0) is 257 Å². The largest absolute Gasteiger partial charge is 0.340 e. The third-order valence-corrected chi connectivity index (χ3v) is 26.3. The highest BCUT2D eigenvalue weighted by atomic mass is 19.1. The van der Waals surface area contributed by atoms with Gasteiger partial charge in [0, 0.05) is 171 Å². The van der Waals surface area contributed by atoms with Gasteiger partial charge in [0.1, 0.15) is 23.3 Å². The molecule has 130 heavy (non-hydrogen) atoms. The smallest absolute Gasteiger partial charge is 0.223 e. The van der Waals surface area contributed by atoms with Crippen LogP contribution in [0.25, 0.3) is 88.1 Å². The monoisotopic (exact) mass is 1750 g/mol. The summed E-state index contributed by atoms with van der Waals surface area (Å²) in [6.45, 7) is 18.2. The summed E-state index contributed by atoms with van der Waals surface area (Å²) in [7, 11) is 0. The number of amides is 4. The number of aryl methyl sites for hydroxylation is 6. The normalized spacial score (nSPS) is 18.4. The number of hydrogen-bond donors (Lipinski definition) is 4. The maximum absolute atomic E-state index is 14.1. The number of carbonyl (C=O) groups is 4. The van der Waals surface area contributed by atoms with Crippen LogP contribution < -0.4 is 0 Å². The van der Waals surface area contributed by atoms with Crippen LogP contribution in [0.15, 0.2) is 232 Å². The van der Waals surface area contributed by atoms with Crippen molar-refractivity contribution in [3.63, 3.8) is 0 Å². The highest BCUT2D eigenvalue weighted by Gasteiger charge is 2.37. The second-order valence-electron chi connectivity index (χ2n) is 35.8. The maximum atomic E-state index is 14.1. The zero-order valence-corrected chi connectivity index (χ0v) is 74.0. The number of nitrogens with one attached hydrogen (secondary N) is 4. The van der Waals surface area contributed by atoms with Crippen molar-refractivity contribution in [3.8, 4) is 44.5 Å². The maximum Gasteiger partial charge on any atom is 0.223 e. The quantitative estimate of drug-likeness (QED) is 0.0412. The van der Waals surface area contributed by atoms with Crippen LogP contribution in [0.4, 0.5) is 17.6 Å². The molecule has 8 atom stereocenters. The van der Waals surface area contributed by atoms with E-state index in [9.17, 15) is 36.7 Å². The highest BCUT2D eigenvalue weighted by Crippen LogP contribution is 2.36. The molecule has 24 nitrogen and oxygen atoms in total. The van der Waals surface area contributed by atoms with E-state index in [2.05, 4.69) is 171 Å². The second-order valence-corrected chi connectivity index (χ2v) is 35.8. The van der Waals surface area contributed by atoms with Gasteiger partial charge in [-0.3, -0.25) is 58.3 Å². The molecule has 4 aliphatic rings. The van der Waals surface area contributed by atoms with Crippen LogP contribution in [0, 0.1) is 60.8 Å². The molecule has 12 heterocycles. The lowest BCUT2D eigenvalue weighted by molar-refractivity contribution is -0.132. The Morgan fingerprint density at radius 2 is 0.669 bits per heavy atom. The number of hydrogen-bond acceptors (Lipinski definition) is 12. The zero-order valence-electron chi connectivity index (χ0n) is 74.0. The first-order valence-corrected chi connectivity index (χ1v) is 45.0. The minimum atomic E-state index is -0.257. The number of aromatic nitrogens is 16. The molecule has 0 saturated carbocycles. The summed E-state index contributed by atoms with van der Waals surface area (Å²) >= 11 is 0. The molecule has 0 radical (unpaired) electrons. The standard InChI is InChI=1S/2C26H28FN5O.2C25H26FN5O/c1-17-9-19(3-6-24(17)27)4-8-26(33)31-15-20(10-18(31)2)16-32-25-7-5-21(11-22(25)14-30-32)23-12-28-29-13-23;1-17-3-4-20(24(27)9-17)6-8-26(33)31-15-19(10-18(31)2)16-32-25-7-5-21(11-22(25)14-30-32)23-12-28-29-13-23;1-17-10-19(15-30(17)25(32)9-4-18-2-6-23(26)7-3-18)16-31-24-8-5-20(11-21(24)14-29-31)22-12-27-28-13-22;1-17-9-19(15-30(17)25(32)8-5-18-3-2-4-23(26)10-18)16-31-24-7-6-20(11-21(24)14-29-31)22-12-27-28-13-22/h3,5-7,9,11-14,18,20H,4,8,10,15-16H2,1-2H3,(H,28,29);3-5,7,9,11-14,18-19H,6,8,10,15-16H2,1-2H3,(H,28,29);2-3,5-8,11-14,17,19H,4,9-10,15-16H2,1H3,(H,27,28);2-4,6-7,10-14,17,19H,5,8-9,15-16H2,1H3,(H,27,28)/t18-,20?;18-,19?;2*17-,19?/m1100/s1. The van der Waals surface area contributed by atoms with Crippen LogP contribution in [0.1, 0.15) is 112 Å². The minimum Gasteiger partial charge on any atom is -0.340 e. The van der Waals surface area contributed by atoms with E-state index in [1.165, 1.54) is 36.4 Å². The van der Waals surface area contributed by atoms with Gasteiger partial charge in [0.2, 0.25) is 23.6 Å². The Morgan fingerprint density at radius 3 is 1.00 bits per heavy atom. The zero-order chi connectivity index (χ0) is 90.1. The van der Waals surface area contributed by atoms with Gasteiger partial charge < -0.3 is 19.6 Å². The Bertz CT molecular complexity index is 6580. The van der Waals surface area contributed by atoms with Gasteiger partial charge in [0.15, 0.2) is 0 Å². The Hall–Kier alpha value is -13.9. The molecule has 0 spiro atoms. The van der Waals surface area contributed by atoms with Crippen molar-refractivity contribution in [2.45, 2.75) is 169 Å². The SMILES string of the molecule is C[C@H]1CC(Cn2ncc3cc(-c4cn[nH]c4)ccc32)CN1C(=O)CCc1ccc(F)cc1.C[C@H]1CC(Cn2ncc3cc(-c4cn[nH]c4)ccc32)CN1C(=O)CCc1cccc(F)c1.Cc1cc(CCC(=O)N2CC(Cn3ncc4cc(-c5cn[nH]c5)ccc43)C[C@H]2C)ccc1F.Cc1ccc(CCC(=O)N2CC(Cn3ncc4cc(-c5cn[nH]c5)ccc43)C[C@H]2C)c(F)c1. The van der Waals surface area contributed by atoms with E-state index in [1.807, 2.05) is 128 Å². The molecule has 16 aromatic rings. The molecule has 8 aromatic heterocycles. The molecule has 4 unspecified atom stereocenters. The van der Waals surface area contributed by atoms with Gasteiger partial charge in [0.25, 0.3) is 0 Å².